The maximum Gasteiger partial charge on any atom is 0.249 e. The van der Waals surface area contributed by atoms with E-state index in [0.717, 1.165) is 12.0 Å². The van der Waals surface area contributed by atoms with Crippen LogP contribution in [-0.2, 0) is 16.4 Å². The van der Waals surface area contributed by atoms with Gasteiger partial charge in [-0.05, 0) is 49.1 Å². The van der Waals surface area contributed by atoms with E-state index in [1.54, 1.807) is 30.9 Å². The number of hydrogen-bond acceptors (Lipinski definition) is 7. The number of hydrogen-bond donors (Lipinski definition) is 0. The van der Waals surface area contributed by atoms with E-state index in [4.69, 9.17) is 4.42 Å². The second-order valence-electron chi connectivity index (χ2n) is 6.38. The van der Waals surface area contributed by atoms with Gasteiger partial charge in [0.05, 0.1) is 11.3 Å². The lowest BCUT2D eigenvalue weighted by Gasteiger charge is -2.21. The highest BCUT2D eigenvalue weighted by Gasteiger charge is 2.38. The van der Waals surface area contributed by atoms with Crippen LogP contribution in [-0.4, -0.2) is 45.2 Å². The van der Waals surface area contributed by atoms with Crippen LogP contribution in [0.3, 0.4) is 0 Å². The predicted octanol–water partition coefficient (Wildman–Crippen LogP) is 2.24. The molecule has 0 N–H and O–H groups in total. The van der Waals surface area contributed by atoms with Gasteiger partial charge in [0.1, 0.15) is 6.04 Å². The van der Waals surface area contributed by atoms with Crippen molar-refractivity contribution in [3.05, 3.63) is 60.5 Å². The minimum Gasteiger partial charge on any atom is -0.419 e. The van der Waals surface area contributed by atoms with Gasteiger partial charge in [-0.25, -0.2) is 8.42 Å². The van der Waals surface area contributed by atoms with Crippen LogP contribution in [0, 0.1) is 0 Å². The lowest BCUT2D eigenvalue weighted by Crippen LogP contribution is -2.33. The normalized spacial score (nSPS) is 18.0. The molecule has 3 aromatic heterocycles. The first-order valence-corrected chi connectivity index (χ1v) is 10.4. The molecule has 3 aromatic rings. The molecular weight excluding hydrogens is 366 g/mol. The average Bonchev–Trinajstić information content (AvgIpc) is 3.38. The van der Waals surface area contributed by atoms with Crippen molar-refractivity contribution in [2.75, 3.05) is 12.3 Å². The zero-order valence-corrected chi connectivity index (χ0v) is 15.4. The molecule has 0 bridgehead atoms. The number of pyridine rings is 2. The molecule has 140 valence electrons. The Hall–Kier alpha value is -2.65. The zero-order chi connectivity index (χ0) is 18.7. The molecule has 4 rings (SSSR count). The molecule has 0 radical (unpaired) electrons. The summed E-state index contributed by atoms with van der Waals surface area (Å²) in [4.78, 5) is 7.99. The maximum atomic E-state index is 12.9. The van der Waals surface area contributed by atoms with E-state index in [-0.39, 0.29) is 5.75 Å². The van der Waals surface area contributed by atoms with Gasteiger partial charge in [-0.1, -0.05) is 0 Å². The monoisotopic (exact) mass is 385 g/mol. The van der Waals surface area contributed by atoms with E-state index in [2.05, 4.69) is 20.2 Å². The molecule has 1 aliphatic rings. The van der Waals surface area contributed by atoms with Crippen LogP contribution in [0.1, 0.15) is 30.3 Å². The second kappa shape index (κ2) is 7.53. The van der Waals surface area contributed by atoms with E-state index in [1.165, 1.54) is 4.31 Å². The molecule has 0 aliphatic carbocycles. The first-order valence-electron chi connectivity index (χ1n) is 8.76. The van der Waals surface area contributed by atoms with Crippen molar-refractivity contribution in [3.8, 4) is 11.5 Å². The molecule has 27 heavy (non-hydrogen) atoms. The Morgan fingerprint density at radius 1 is 1.11 bits per heavy atom. The van der Waals surface area contributed by atoms with Crippen LogP contribution in [0.15, 0.2) is 53.5 Å². The molecule has 0 amide bonds. The summed E-state index contributed by atoms with van der Waals surface area (Å²) in [6.45, 7) is 0.466. The number of nitrogens with zero attached hydrogens (tertiary/aromatic N) is 5. The van der Waals surface area contributed by atoms with Crippen molar-refractivity contribution in [2.24, 2.45) is 0 Å². The SMILES string of the molecule is O=S(=O)(CCc1ccncc1)N1CCC[C@H]1c1nnc(-c2cccnc2)o1. The Morgan fingerprint density at radius 2 is 1.96 bits per heavy atom. The molecule has 0 aromatic carbocycles. The summed E-state index contributed by atoms with van der Waals surface area (Å²) in [6.07, 6.45) is 8.51. The summed E-state index contributed by atoms with van der Waals surface area (Å²) in [5.74, 6) is 0.717. The minimum absolute atomic E-state index is 0.0388. The molecular formula is C18H19N5O3S. The quantitative estimate of drug-likeness (QED) is 0.641. The Bertz CT molecular complexity index is 992. The van der Waals surface area contributed by atoms with Crippen LogP contribution in [0.2, 0.25) is 0 Å². The number of aryl methyl sites for hydroxylation is 1. The van der Waals surface area contributed by atoms with Crippen LogP contribution in [0.4, 0.5) is 0 Å². The largest absolute Gasteiger partial charge is 0.419 e. The summed E-state index contributed by atoms with van der Waals surface area (Å²) in [5.41, 5.74) is 1.65. The second-order valence-corrected chi connectivity index (χ2v) is 8.42. The number of sulfonamides is 1. The van der Waals surface area contributed by atoms with Crippen LogP contribution in [0.5, 0.6) is 0 Å². The molecule has 8 nitrogen and oxygen atoms in total. The van der Waals surface area contributed by atoms with Gasteiger partial charge in [0, 0.05) is 31.3 Å². The molecule has 4 heterocycles. The summed E-state index contributed by atoms with van der Waals surface area (Å²) >= 11 is 0. The van der Waals surface area contributed by atoms with Gasteiger partial charge in [0.25, 0.3) is 0 Å². The molecule has 1 atom stereocenters. The van der Waals surface area contributed by atoms with Gasteiger partial charge in [0.2, 0.25) is 21.8 Å². The van der Waals surface area contributed by atoms with Crippen LogP contribution in [0.25, 0.3) is 11.5 Å². The van der Waals surface area contributed by atoms with Crippen molar-refractivity contribution in [1.29, 1.82) is 0 Å². The number of aromatic nitrogens is 4. The first kappa shape index (κ1) is 17.7. The van der Waals surface area contributed by atoms with Crippen molar-refractivity contribution in [3.63, 3.8) is 0 Å². The van der Waals surface area contributed by atoms with Gasteiger partial charge in [0.15, 0.2) is 0 Å². The topological polar surface area (TPSA) is 102 Å². The molecule has 0 spiro atoms. The van der Waals surface area contributed by atoms with Gasteiger partial charge in [-0.15, -0.1) is 10.2 Å². The fraction of sp³-hybridized carbons (Fsp3) is 0.333. The Labute approximate surface area is 157 Å². The smallest absolute Gasteiger partial charge is 0.249 e. The fourth-order valence-electron chi connectivity index (χ4n) is 3.21. The highest BCUT2D eigenvalue weighted by molar-refractivity contribution is 7.89. The lowest BCUT2D eigenvalue weighted by atomic mass is 10.2. The fourth-order valence-corrected chi connectivity index (χ4v) is 4.93. The summed E-state index contributed by atoms with van der Waals surface area (Å²) in [5, 5.41) is 8.15. The summed E-state index contributed by atoms with van der Waals surface area (Å²) < 4.78 is 33.0. The van der Waals surface area contributed by atoms with Crippen LogP contribution < -0.4 is 0 Å². The lowest BCUT2D eigenvalue weighted by molar-refractivity contribution is 0.332. The highest BCUT2D eigenvalue weighted by Crippen LogP contribution is 2.34. The van der Waals surface area contributed by atoms with Gasteiger partial charge in [-0.3, -0.25) is 9.97 Å². The highest BCUT2D eigenvalue weighted by atomic mass is 32.2. The minimum atomic E-state index is -3.44. The standard InChI is InChI=1S/C18H19N5O3S/c24-27(25,12-7-14-5-9-19-10-6-14)23-11-2-4-16(23)18-22-21-17(26-18)15-3-1-8-20-13-15/h1,3,5-6,8-10,13,16H,2,4,7,11-12H2/t16-/m0/s1. The van der Waals surface area contributed by atoms with E-state index >= 15 is 0 Å². The zero-order valence-electron chi connectivity index (χ0n) is 14.6. The number of rotatable bonds is 6. The van der Waals surface area contributed by atoms with Crippen molar-refractivity contribution >= 4 is 10.0 Å². The third-order valence-corrected chi connectivity index (χ3v) is 6.46. The van der Waals surface area contributed by atoms with E-state index in [0.29, 0.717) is 36.7 Å². The third kappa shape index (κ3) is 3.88. The summed E-state index contributed by atoms with van der Waals surface area (Å²) in [7, 11) is -3.44. The Morgan fingerprint density at radius 3 is 2.74 bits per heavy atom. The molecule has 0 saturated carbocycles. The van der Waals surface area contributed by atoms with Crippen molar-refractivity contribution in [2.45, 2.75) is 25.3 Å². The predicted molar refractivity (Wildman–Crippen MR) is 97.9 cm³/mol. The van der Waals surface area contributed by atoms with Crippen molar-refractivity contribution < 1.29 is 12.8 Å². The van der Waals surface area contributed by atoms with Gasteiger partial charge < -0.3 is 4.42 Å². The maximum absolute atomic E-state index is 12.9. The molecule has 1 saturated heterocycles. The van der Waals surface area contributed by atoms with Gasteiger partial charge >= 0.3 is 0 Å². The molecule has 0 unspecified atom stereocenters. The Balaban J connectivity index is 1.51. The van der Waals surface area contributed by atoms with E-state index in [9.17, 15) is 8.42 Å². The first-order chi connectivity index (χ1) is 13.1. The van der Waals surface area contributed by atoms with Crippen LogP contribution >= 0.6 is 0 Å². The van der Waals surface area contributed by atoms with E-state index in [1.807, 2.05) is 18.2 Å². The van der Waals surface area contributed by atoms with Crippen molar-refractivity contribution in [1.82, 2.24) is 24.5 Å². The average molecular weight is 385 g/mol. The molecule has 1 fully saturated rings. The third-order valence-electron chi connectivity index (χ3n) is 4.59. The summed E-state index contributed by atoms with van der Waals surface area (Å²) in [6, 6.07) is 6.85. The van der Waals surface area contributed by atoms with Gasteiger partial charge in [-0.2, -0.15) is 4.31 Å². The molecule has 9 heteroatoms. The Kier molecular flexibility index (Phi) is 4.95. The molecule has 1 aliphatic heterocycles. The van der Waals surface area contributed by atoms with E-state index < -0.39 is 16.1 Å².